The molecule has 0 unspecified atom stereocenters. The van der Waals surface area contributed by atoms with Gasteiger partial charge in [0, 0.05) is 13.1 Å². The zero-order chi connectivity index (χ0) is 24.7. The molecule has 0 saturated carbocycles. The standard InChI is InChI=1S/C27H26N4O3S/c28-18-21-7-9-23(10-8-21)24-11-13-26(14-12-24)34-17-3-4-22-15-16-31(20-22)30-35(32,33)27-6-2-1-5-25(27)19-29/h1-2,5-14,22,30H,3-4,15-17,20H2/t22-/m1/s1. The van der Waals surface area contributed by atoms with E-state index in [2.05, 4.69) is 10.9 Å². The predicted molar refractivity (Wildman–Crippen MR) is 132 cm³/mol. The van der Waals surface area contributed by atoms with Crippen LogP contribution in [0.1, 0.15) is 30.4 Å². The fourth-order valence-corrected chi connectivity index (χ4v) is 5.47. The van der Waals surface area contributed by atoms with Gasteiger partial charge in [-0.2, -0.15) is 10.5 Å². The molecule has 1 fully saturated rings. The normalized spacial score (nSPS) is 15.9. The van der Waals surface area contributed by atoms with Gasteiger partial charge in [0.2, 0.25) is 0 Å². The maximum Gasteiger partial charge on any atom is 0.254 e. The first-order valence-corrected chi connectivity index (χ1v) is 13.0. The van der Waals surface area contributed by atoms with Crippen molar-refractivity contribution in [3.63, 3.8) is 0 Å². The van der Waals surface area contributed by atoms with Gasteiger partial charge in [0.15, 0.2) is 0 Å². The molecule has 35 heavy (non-hydrogen) atoms. The van der Waals surface area contributed by atoms with Gasteiger partial charge in [-0.25, -0.2) is 13.4 Å². The highest BCUT2D eigenvalue weighted by atomic mass is 32.2. The van der Waals surface area contributed by atoms with E-state index in [-0.39, 0.29) is 10.5 Å². The van der Waals surface area contributed by atoms with Gasteiger partial charge in [-0.3, -0.25) is 0 Å². The monoisotopic (exact) mass is 486 g/mol. The summed E-state index contributed by atoms with van der Waals surface area (Å²) in [6.07, 6.45) is 2.72. The lowest BCUT2D eigenvalue weighted by molar-refractivity contribution is 0.269. The van der Waals surface area contributed by atoms with Crippen molar-refractivity contribution in [3.05, 3.63) is 83.9 Å². The fourth-order valence-electron chi connectivity index (χ4n) is 4.21. The Morgan fingerprint density at radius 3 is 2.31 bits per heavy atom. The molecule has 1 aliphatic heterocycles. The molecular formula is C27H26N4O3S. The Labute approximate surface area is 206 Å². The third-order valence-electron chi connectivity index (χ3n) is 6.06. The molecule has 1 aliphatic rings. The number of hydrogen-bond acceptors (Lipinski definition) is 6. The highest BCUT2D eigenvalue weighted by Crippen LogP contribution is 2.24. The summed E-state index contributed by atoms with van der Waals surface area (Å²) in [4.78, 5) is 2.63. The number of rotatable bonds is 9. The van der Waals surface area contributed by atoms with E-state index in [0.717, 1.165) is 36.1 Å². The molecule has 0 aliphatic carbocycles. The van der Waals surface area contributed by atoms with Crippen LogP contribution >= 0.6 is 0 Å². The van der Waals surface area contributed by atoms with E-state index in [4.69, 9.17) is 10.00 Å². The molecule has 1 heterocycles. The average Bonchev–Trinajstić information content (AvgIpc) is 3.33. The van der Waals surface area contributed by atoms with Crippen LogP contribution in [0.5, 0.6) is 5.75 Å². The fraction of sp³-hybridized carbons (Fsp3) is 0.259. The van der Waals surface area contributed by atoms with Gasteiger partial charge in [-0.15, -0.1) is 4.83 Å². The van der Waals surface area contributed by atoms with Crippen LogP contribution in [0, 0.1) is 28.6 Å². The molecular weight excluding hydrogens is 460 g/mol. The third kappa shape index (κ3) is 6.26. The summed E-state index contributed by atoms with van der Waals surface area (Å²) >= 11 is 0. The van der Waals surface area contributed by atoms with Gasteiger partial charge in [-0.05, 0) is 72.7 Å². The van der Waals surface area contributed by atoms with Gasteiger partial charge in [0.05, 0.1) is 23.8 Å². The minimum Gasteiger partial charge on any atom is -0.494 e. The Bertz CT molecular complexity index is 1340. The minimum atomic E-state index is -3.78. The molecule has 4 rings (SSSR count). The van der Waals surface area contributed by atoms with E-state index in [1.807, 2.05) is 42.5 Å². The molecule has 0 radical (unpaired) electrons. The minimum absolute atomic E-state index is 0.00421. The highest BCUT2D eigenvalue weighted by molar-refractivity contribution is 7.89. The maximum absolute atomic E-state index is 12.7. The van der Waals surface area contributed by atoms with Crippen LogP contribution in [0.4, 0.5) is 0 Å². The summed E-state index contributed by atoms with van der Waals surface area (Å²) in [7, 11) is -3.78. The van der Waals surface area contributed by atoms with Crippen molar-refractivity contribution >= 4 is 10.0 Å². The average molecular weight is 487 g/mol. The van der Waals surface area contributed by atoms with Gasteiger partial charge in [0.25, 0.3) is 10.0 Å². The van der Waals surface area contributed by atoms with Crippen LogP contribution in [0.25, 0.3) is 11.1 Å². The molecule has 0 bridgehead atoms. The van der Waals surface area contributed by atoms with Crippen molar-refractivity contribution in [2.75, 3.05) is 19.7 Å². The Balaban J connectivity index is 1.21. The van der Waals surface area contributed by atoms with Crippen molar-refractivity contribution in [2.45, 2.75) is 24.2 Å². The van der Waals surface area contributed by atoms with Gasteiger partial charge < -0.3 is 4.74 Å². The topological polar surface area (TPSA) is 106 Å². The molecule has 1 N–H and O–H groups in total. The summed E-state index contributed by atoms with van der Waals surface area (Å²) in [6, 6.07) is 25.6. The SMILES string of the molecule is N#Cc1ccc(-c2ccc(OCCC[C@@H]3CCN(NS(=O)(=O)c4ccccc4C#N)C3)cc2)cc1. The van der Waals surface area contributed by atoms with Gasteiger partial charge in [-0.1, -0.05) is 36.4 Å². The van der Waals surface area contributed by atoms with E-state index in [9.17, 15) is 13.7 Å². The number of nitriles is 2. The van der Waals surface area contributed by atoms with Gasteiger partial charge in [0.1, 0.15) is 16.7 Å². The lowest BCUT2D eigenvalue weighted by Crippen LogP contribution is -2.40. The number of sulfonamides is 1. The first-order valence-electron chi connectivity index (χ1n) is 11.5. The molecule has 0 amide bonds. The summed E-state index contributed by atoms with van der Waals surface area (Å²) in [6.45, 7) is 1.86. The second kappa shape index (κ2) is 11.2. The van der Waals surface area contributed by atoms with Crippen molar-refractivity contribution < 1.29 is 13.2 Å². The number of nitrogens with one attached hydrogen (secondary N) is 1. The quantitative estimate of drug-likeness (QED) is 0.447. The van der Waals surface area contributed by atoms with E-state index in [1.165, 1.54) is 12.1 Å². The predicted octanol–water partition coefficient (Wildman–Crippen LogP) is 4.47. The molecule has 1 saturated heterocycles. The summed E-state index contributed by atoms with van der Waals surface area (Å²) in [5.74, 6) is 1.19. The number of ether oxygens (including phenoxy) is 1. The van der Waals surface area contributed by atoms with Gasteiger partial charge >= 0.3 is 0 Å². The van der Waals surface area contributed by atoms with Crippen LogP contribution in [0.2, 0.25) is 0 Å². The van der Waals surface area contributed by atoms with Crippen LogP contribution in [0.15, 0.2) is 77.7 Å². The Kier molecular flexibility index (Phi) is 7.79. The first-order chi connectivity index (χ1) is 17.0. The number of nitrogens with zero attached hydrogens (tertiary/aromatic N) is 3. The maximum atomic E-state index is 12.7. The molecule has 3 aromatic rings. The lowest BCUT2D eigenvalue weighted by atomic mass is 10.0. The molecule has 3 aromatic carbocycles. The summed E-state index contributed by atoms with van der Waals surface area (Å²) in [5.41, 5.74) is 2.89. The molecule has 0 aromatic heterocycles. The summed E-state index contributed by atoms with van der Waals surface area (Å²) < 4.78 is 31.3. The zero-order valence-electron chi connectivity index (χ0n) is 19.2. The Morgan fingerprint density at radius 1 is 0.943 bits per heavy atom. The van der Waals surface area contributed by atoms with Crippen LogP contribution in [-0.4, -0.2) is 33.1 Å². The molecule has 8 heteroatoms. The van der Waals surface area contributed by atoms with E-state index in [0.29, 0.717) is 31.2 Å². The zero-order valence-corrected chi connectivity index (χ0v) is 20.0. The van der Waals surface area contributed by atoms with E-state index >= 15 is 0 Å². The van der Waals surface area contributed by atoms with E-state index < -0.39 is 10.0 Å². The Morgan fingerprint density at radius 2 is 1.63 bits per heavy atom. The van der Waals surface area contributed by atoms with Crippen LogP contribution < -0.4 is 9.57 Å². The number of hydrogen-bond donors (Lipinski definition) is 1. The second-order valence-corrected chi connectivity index (χ2v) is 10.1. The Hall–Kier alpha value is -3.69. The molecule has 178 valence electrons. The first kappa shape index (κ1) is 24.4. The van der Waals surface area contributed by atoms with Crippen molar-refractivity contribution in [1.82, 2.24) is 9.84 Å². The summed E-state index contributed by atoms with van der Waals surface area (Å²) in [5, 5.41) is 19.8. The van der Waals surface area contributed by atoms with Crippen LogP contribution in [-0.2, 0) is 10.0 Å². The lowest BCUT2D eigenvalue weighted by Gasteiger charge is -2.18. The highest BCUT2D eigenvalue weighted by Gasteiger charge is 2.27. The number of benzene rings is 3. The van der Waals surface area contributed by atoms with Crippen molar-refractivity contribution in [3.8, 4) is 29.0 Å². The smallest absolute Gasteiger partial charge is 0.254 e. The van der Waals surface area contributed by atoms with Crippen molar-refractivity contribution in [2.24, 2.45) is 5.92 Å². The third-order valence-corrected chi connectivity index (χ3v) is 7.49. The van der Waals surface area contributed by atoms with Crippen molar-refractivity contribution in [1.29, 1.82) is 10.5 Å². The van der Waals surface area contributed by atoms with Crippen LogP contribution in [0.3, 0.4) is 0 Å². The largest absolute Gasteiger partial charge is 0.494 e. The molecule has 1 atom stereocenters. The second-order valence-electron chi connectivity index (χ2n) is 8.51. The number of hydrazine groups is 1. The van der Waals surface area contributed by atoms with E-state index in [1.54, 1.807) is 29.3 Å². The molecule has 7 nitrogen and oxygen atoms in total. The molecule has 0 spiro atoms.